The van der Waals surface area contributed by atoms with E-state index in [1.165, 1.54) is 5.56 Å². The highest BCUT2D eigenvalue weighted by atomic mass is 16.5. The molecule has 1 aromatic heterocycles. The number of hydrogen-bond acceptors (Lipinski definition) is 4. The van der Waals surface area contributed by atoms with Crippen molar-refractivity contribution in [3.05, 3.63) is 54.4 Å². The average Bonchev–Trinajstić information content (AvgIpc) is 2.50. The Kier molecular flexibility index (Phi) is 4.48. The van der Waals surface area contributed by atoms with Gasteiger partial charge in [0, 0.05) is 19.3 Å². The van der Waals surface area contributed by atoms with Gasteiger partial charge in [0.1, 0.15) is 11.5 Å². The molecule has 1 N–H and O–H groups in total. The average molecular weight is 284 g/mol. The molecule has 2 aromatic rings. The first-order valence-electron chi connectivity index (χ1n) is 7.37. The predicted molar refractivity (Wildman–Crippen MR) is 81.3 cm³/mol. The summed E-state index contributed by atoms with van der Waals surface area (Å²) in [6.07, 6.45) is 5.25. The molecule has 21 heavy (non-hydrogen) atoms. The van der Waals surface area contributed by atoms with Crippen LogP contribution in [-0.4, -0.2) is 34.2 Å². The minimum atomic E-state index is -0.174. The third-order valence-corrected chi connectivity index (χ3v) is 3.68. The number of benzene rings is 1. The zero-order chi connectivity index (χ0) is 14.5. The van der Waals surface area contributed by atoms with Crippen molar-refractivity contribution in [1.82, 2.24) is 9.88 Å². The Morgan fingerprint density at radius 2 is 2.05 bits per heavy atom. The van der Waals surface area contributed by atoms with Crippen molar-refractivity contribution in [3.8, 4) is 11.5 Å². The molecule has 0 aliphatic carbocycles. The summed E-state index contributed by atoms with van der Waals surface area (Å²) in [6, 6.07) is 11.8. The first-order chi connectivity index (χ1) is 10.3. The summed E-state index contributed by atoms with van der Waals surface area (Å²) >= 11 is 0. The maximum Gasteiger partial charge on any atom is 0.145 e. The van der Waals surface area contributed by atoms with Gasteiger partial charge in [-0.2, -0.15) is 0 Å². The molecular weight excluding hydrogens is 264 g/mol. The molecule has 3 rings (SSSR count). The van der Waals surface area contributed by atoms with Gasteiger partial charge in [0.25, 0.3) is 0 Å². The van der Waals surface area contributed by atoms with Gasteiger partial charge in [0.15, 0.2) is 0 Å². The van der Waals surface area contributed by atoms with Crippen LogP contribution in [0.25, 0.3) is 0 Å². The summed E-state index contributed by atoms with van der Waals surface area (Å²) in [4.78, 5) is 6.32. The first-order valence-corrected chi connectivity index (χ1v) is 7.37. The fourth-order valence-corrected chi connectivity index (χ4v) is 2.64. The van der Waals surface area contributed by atoms with Gasteiger partial charge in [-0.15, -0.1) is 0 Å². The Balaban J connectivity index is 1.59. The number of likely N-dealkylation sites (tertiary alicyclic amines) is 1. The lowest BCUT2D eigenvalue weighted by molar-refractivity contribution is 0.0668. The van der Waals surface area contributed by atoms with E-state index >= 15 is 0 Å². The lowest BCUT2D eigenvalue weighted by Crippen LogP contribution is -2.37. The summed E-state index contributed by atoms with van der Waals surface area (Å²) in [5.41, 5.74) is 1.24. The van der Waals surface area contributed by atoms with Gasteiger partial charge in [-0.05, 0) is 49.2 Å². The SMILES string of the molecule is OC1CCCN(Cc2ccc(Oc3cccnc3)cc2)C1. The fourth-order valence-electron chi connectivity index (χ4n) is 2.64. The van der Waals surface area contributed by atoms with Gasteiger partial charge < -0.3 is 9.84 Å². The summed E-state index contributed by atoms with van der Waals surface area (Å²) in [7, 11) is 0. The molecule has 0 radical (unpaired) electrons. The van der Waals surface area contributed by atoms with E-state index in [1.54, 1.807) is 12.4 Å². The van der Waals surface area contributed by atoms with Crippen molar-refractivity contribution in [3.63, 3.8) is 0 Å². The zero-order valence-corrected chi connectivity index (χ0v) is 12.0. The zero-order valence-electron chi connectivity index (χ0n) is 12.0. The Morgan fingerprint density at radius 1 is 1.19 bits per heavy atom. The number of hydrogen-bond donors (Lipinski definition) is 1. The molecule has 0 spiro atoms. The molecule has 1 aliphatic rings. The first kappa shape index (κ1) is 14.0. The van der Waals surface area contributed by atoms with Gasteiger partial charge >= 0.3 is 0 Å². The molecule has 1 atom stereocenters. The maximum absolute atomic E-state index is 9.70. The number of aliphatic hydroxyl groups excluding tert-OH is 1. The largest absolute Gasteiger partial charge is 0.456 e. The highest BCUT2D eigenvalue weighted by Crippen LogP contribution is 2.21. The van der Waals surface area contributed by atoms with Crippen LogP contribution in [0, 0.1) is 0 Å². The van der Waals surface area contributed by atoms with E-state index in [-0.39, 0.29) is 6.10 Å². The topological polar surface area (TPSA) is 45.6 Å². The van der Waals surface area contributed by atoms with Crippen molar-refractivity contribution in [2.24, 2.45) is 0 Å². The minimum absolute atomic E-state index is 0.174. The molecule has 0 saturated carbocycles. The van der Waals surface area contributed by atoms with E-state index in [0.29, 0.717) is 0 Å². The number of rotatable bonds is 4. The Labute approximate surface area is 125 Å². The van der Waals surface area contributed by atoms with E-state index in [9.17, 15) is 5.11 Å². The molecule has 4 nitrogen and oxygen atoms in total. The number of piperidine rings is 1. The third-order valence-electron chi connectivity index (χ3n) is 3.68. The number of β-amino-alcohol motifs (C(OH)–C–C–N with tert-alkyl or cyclic N) is 1. The second kappa shape index (κ2) is 6.70. The molecular formula is C17H20N2O2. The van der Waals surface area contributed by atoms with Crippen molar-refractivity contribution in [2.75, 3.05) is 13.1 Å². The van der Waals surface area contributed by atoms with Crippen LogP contribution in [0.4, 0.5) is 0 Å². The van der Waals surface area contributed by atoms with Crippen LogP contribution in [0.1, 0.15) is 18.4 Å². The third kappa shape index (κ3) is 4.03. The second-order valence-corrected chi connectivity index (χ2v) is 5.47. The molecule has 4 heteroatoms. The Hall–Kier alpha value is -1.91. The highest BCUT2D eigenvalue weighted by Gasteiger charge is 2.17. The molecule has 0 bridgehead atoms. The quantitative estimate of drug-likeness (QED) is 0.937. The van der Waals surface area contributed by atoms with E-state index in [4.69, 9.17) is 4.74 Å². The highest BCUT2D eigenvalue weighted by molar-refractivity contribution is 5.31. The minimum Gasteiger partial charge on any atom is -0.456 e. The van der Waals surface area contributed by atoms with Crippen LogP contribution < -0.4 is 4.74 Å². The van der Waals surface area contributed by atoms with Crippen LogP contribution in [0.5, 0.6) is 11.5 Å². The smallest absolute Gasteiger partial charge is 0.145 e. The molecule has 0 amide bonds. The summed E-state index contributed by atoms with van der Waals surface area (Å²) in [5, 5.41) is 9.70. The summed E-state index contributed by atoms with van der Waals surface area (Å²) in [5.74, 6) is 1.55. The van der Waals surface area contributed by atoms with Crippen LogP contribution in [0.3, 0.4) is 0 Å². The standard InChI is InChI=1S/C17H20N2O2/c20-15-3-2-10-19(13-15)12-14-5-7-16(8-6-14)21-17-4-1-9-18-11-17/h1,4-9,11,15,20H,2-3,10,12-13H2. The van der Waals surface area contributed by atoms with Gasteiger partial charge in [-0.25, -0.2) is 0 Å². The number of pyridine rings is 1. The van der Waals surface area contributed by atoms with Crippen LogP contribution in [-0.2, 0) is 6.54 Å². The van der Waals surface area contributed by atoms with E-state index < -0.39 is 0 Å². The van der Waals surface area contributed by atoms with E-state index in [2.05, 4.69) is 22.0 Å². The van der Waals surface area contributed by atoms with Crippen LogP contribution in [0.2, 0.25) is 0 Å². The Morgan fingerprint density at radius 3 is 2.76 bits per heavy atom. The predicted octanol–water partition coefficient (Wildman–Crippen LogP) is 2.83. The molecule has 110 valence electrons. The van der Waals surface area contributed by atoms with Crippen LogP contribution in [0.15, 0.2) is 48.8 Å². The second-order valence-electron chi connectivity index (χ2n) is 5.47. The van der Waals surface area contributed by atoms with Gasteiger partial charge in [-0.3, -0.25) is 9.88 Å². The monoisotopic (exact) mass is 284 g/mol. The number of aliphatic hydroxyl groups is 1. The molecule has 1 fully saturated rings. The van der Waals surface area contributed by atoms with Crippen molar-refractivity contribution in [2.45, 2.75) is 25.5 Å². The van der Waals surface area contributed by atoms with E-state index in [0.717, 1.165) is 44.0 Å². The number of nitrogens with zero attached hydrogens (tertiary/aromatic N) is 2. The number of ether oxygens (including phenoxy) is 1. The fraction of sp³-hybridized carbons (Fsp3) is 0.353. The lowest BCUT2D eigenvalue weighted by Gasteiger charge is -2.29. The Bertz CT molecular complexity index is 557. The van der Waals surface area contributed by atoms with Crippen molar-refractivity contribution >= 4 is 0 Å². The maximum atomic E-state index is 9.70. The van der Waals surface area contributed by atoms with Gasteiger partial charge in [0.05, 0.1) is 12.3 Å². The molecule has 2 heterocycles. The number of aromatic nitrogens is 1. The molecule has 1 saturated heterocycles. The lowest BCUT2D eigenvalue weighted by atomic mass is 10.1. The molecule has 1 unspecified atom stereocenters. The summed E-state index contributed by atoms with van der Waals surface area (Å²) in [6.45, 7) is 2.71. The molecule has 1 aromatic carbocycles. The normalized spacial score (nSPS) is 19.4. The van der Waals surface area contributed by atoms with Crippen molar-refractivity contribution in [1.29, 1.82) is 0 Å². The van der Waals surface area contributed by atoms with E-state index in [1.807, 2.05) is 24.3 Å². The van der Waals surface area contributed by atoms with Crippen LogP contribution >= 0.6 is 0 Å². The molecule has 1 aliphatic heterocycles. The van der Waals surface area contributed by atoms with Gasteiger partial charge in [0.2, 0.25) is 0 Å². The van der Waals surface area contributed by atoms with Crippen molar-refractivity contribution < 1.29 is 9.84 Å². The van der Waals surface area contributed by atoms with Gasteiger partial charge in [-0.1, -0.05) is 12.1 Å². The summed E-state index contributed by atoms with van der Waals surface area (Å²) < 4.78 is 5.72.